The topological polar surface area (TPSA) is 51.6 Å². The van der Waals surface area contributed by atoms with Gasteiger partial charge in [-0.15, -0.1) is 0 Å². The van der Waals surface area contributed by atoms with Gasteiger partial charge in [-0.3, -0.25) is 9.97 Å². The predicted octanol–water partition coefficient (Wildman–Crippen LogP) is 7.21. The third-order valence-corrected chi connectivity index (χ3v) is 6.33. The fourth-order valence-corrected chi connectivity index (χ4v) is 4.62. The Hall–Kier alpha value is -4.70. The molecule has 0 aliphatic rings. The van der Waals surface area contributed by atoms with Crippen molar-refractivity contribution in [3.05, 3.63) is 109 Å². The zero-order valence-electron chi connectivity index (χ0n) is 18.2. The molecule has 0 amide bonds. The molecule has 4 heterocycles. The quantitative estimate of drug-likeness (QED) is 0.270. The van der Waals surface area contributed by atoms with Crippen molar-refractivity contribution >= 4 is 43.6 Å². The summed E-state index contributed by atoms with van der Waals surface area (Å²) in [7, 11) is 0. The van der Waals surface area contributed by atoms with E-state index >= 15 is 0 Å². The maximum absolute atomic E-state index is 5.03. The lowest BCUT2D eigenvalue weighted by Crippen LogP contribution is -1.90. The highest BCUT2D eigenvalue weighted by atomic mass is 14.8. The van der Waals surface area contributed by atoms with Gasteiger partial charge in [-0.25, -0.2) is 9.97 Å². The summed E-state index contributed by atoms with van der Waals surface area (Å²) in [5, 5.41) is 4.35. The van der Waals surface area contributed by atoms with Crippen LogP contribution in [0.3, 0.4) is 0 Å². The highest BCUT2D eigenvalue weighted by Crippen LogP contribution is 2.30. The van der Waals surface area contributed by atoms with Crippen molar-refractivity contribution in [1.29, 1.82) is 0 Å². The van der Waals surface area contributed by atoms with Gasteiger partial charge in [0.1, 0.15) is 0 Å². The Labute approximate surface area is 195 Å². The molecule has 158 valence electrons. The highest BCUT2D eigenvalue weighted by molar-refractivity contribution is 6.05. The highest BCUT2D eigenvalue weighted by Gasteiger charge is 2.09. The number of benzene rings is 3. The summed E-state index contributed by atoms with van der Waals surface area (Å²) in [6, 6.07) is 33.2. The zero-order chi connectivity index (χ0) is 22.5. The number of nitrogens with zero attached hydrogens (tertiary/aromatic N) is 4. The third-order valence-electron chi connectivity index (χ3n) is 6.33. The molecule has 0 unspecified atom stereocenters. The Kier molecular flexibility index (Phi) is 4.11. The van der Waals surface area contributed by atoms with Crippen LogP contribution in [0.15, 0.2) is 109 Å². The minimum atomic E-state index is 0.919. The summed E-state index contributed by atoms with van der Waals surface area (Å²) in [5.41, 5.74) is 7.72. The van der Waals surface area contributed by atoms with Crippen LogP contribution in [0.2, 0.25) is 0 Å². The average molecular weight is 435 g/mol. The summed E-state index contributed by atoms with van der Waals surface area (Å²) in [4.78, 5) is 19.1. The summed E-state index contributed by atoms with van der Waals surface area (Å²) >= 11 is 0. The van der Waals surface area contributed by atoms with Gasteiger partial charge in [0.15, 0.2) is 0 Å². The minimum absolute atomic E-state index is 0.919. The normalized spacial score (nSPS) is 11.5. The molecular weight excluding hydrogens is 416 g/mol. The number of rotatable bonds is 2. The second-order valence-corrected chi connectivity index (χ2v) is 8.39. The van der Waals surface area contributed by atoms with E-state index in [1.54, 1.807) is 0 Å². The van der Waals surface area contributed by atoms with Crippen LogP contribution in [0.5, 0.6) is 0 Å². The first kappa shape index (κ1) is 18.8. The third kappa shape index (κ3) is 3.00. The SMILES string of the molecule is c1cc(-c2ccc3ccc4ncccc4c3n2)cc(-c2ccc3ccc4cccnc4c3n2)c1. The van der Waals surface area contributed by atoms with E-state index in [1.807, 2.05) is 30.6 Å². The first-order valence-corrected chi connectivity index (χ1v) is 11.2. The van der Waals surface area contributed by atoms with Crippen LogP contribution in [0, 0.1) is 0 Å². The second kappa shape index (κ2) is 7.42. The van der Waals surface area contributed by atoms with Crippen molar-refractivity contribution in [3.63, 3.8) is 0 Å². The summed E-state index contributed by atoms with van der Waals surface area (Å²) in [6.45, 7) is 0. The maximum atomic E-state index is 5.03. The van der Waals surface area contributed by atoms with Gasteiger partial charge < -0.3 is 0 Å². The lowest BCUT2D eigenvalue weighted by Gasteiger charge is -2.09. The van der Waals surface area contributed by atoms with Gasteiger partial charge in [-0.2, -0.15) is 0 Å². The van der Waals surface area contributed by atoms with Crippen LogP contribution in [0.25, 0.3) is 66.1 Å². The maximum Gasteiger partial charge on any atom is 0.0972 e. The van der Waals surface area contributed by atoms with Gasteiger partial charge >= 0.3 is 0 Å². The fraction of sp³-hybridized carbons (Fsp3) is 0. The largest absolute Gasteiger partial charge is 0.256 e. The molecule has 0 aliphatic heterocycles. The molecule has 4 nitrogen and oxygen atoms in total. The molecule has 0 bridgehead atoms. The average Bonchev–Trinajstić information content (AvgIpc) is 2.92. The molecule has 0 aliphatic carbocycles. The first-order valence-electron chi connectivity index (χ1n) is 11.2. The van der Waals surface area contributed by atoms with Crippen molar-refractivity contribution < 1.29 is 0 Å². The molecule has 0 spiro atoms. The monoisotopic (exact) mass is 434 g/mol. The van der Waals surface area contributed by atoms with E-state index in [4.69, 9.17) is 9.97 Å². The van der Waals surface area contributed by atoms with E-state index in [-0.39, 0.29) is 0 Å². The number of aromatic nitrogens is 4. The standard InChI is InChI=1S/C30H18N4/c1-4-22(25-13-10-20-12-15-27-24(28(20)33-25)7-3-16-31-27)18-23(5-1)26-14-11-21-9-8-19-6-2-17-32-29(19)30(21)34-26/h1-18H. The van der Waals surface area contributed by atoms with Crippen LogP contribution >= 0.6 is 0 Å². The molecule has 0 radical (unpaired) electrons. The molecule has 0 atom stereocenters. The Balaban J connectivity index is 1.38. The summed E-state index contributed by atoms with van der Waals surface area (Å²) in [5.74, 6) is 0. The summed E-state index contributed by atoms with van der Waals surface area (Å²) in [6.07, 6.45) is 3.64. The van der Waals surface area contributed by atoms with E-state index in [1.165, 1.54) is 0 Å². The summed E-state index contributed by atoms with van der Waals surface area (Å²) < 4.78 is 0. The number of hydrogen-bond acceptors (Lipinski definition) is 4. The van der Waals surface area contributed by atoms with Crippen molar-refractivity contribution in [2.45, 2.75) is 0 Å². The number of hydrogen-bond donors (Lipinski definition) is 0. The Bertz CT molecular complexity index is 1740. The van der Waals surface area contributed by atoms with Crippen LogP contribution in [-0.2, 0) is 0 Å². The molecule has 0 saturated heterocycles. The van der Waals surface area contributed by atoms with Gasteiger partial charge in [0.05, 0.1) is 33.5 Å². The van der Waals surface area contributed by atoms with E-state index in [9.17, 15) is 0 Å². The minimum Gasteiger partial charge on any atom is -0.256 e. The lowest BCUT2D eigenvalue weighted by molar-refractivity contribution is 1.36. The number of fused-ring (bicyclic) bond motifs is 6. The van der Waals surface area contributed by atoms with Crippen LogP contribution in [0.4, 0.5) is 0 Å². The van der Waals surface area contributed by atoms with Crippen molar-refractivity contribution in [1.82, 2.24) is 19.9 Å². The molecule has 0 saturated carbocycles. The van der Waals surface area contributed by atoms with Crippen LogP contribution in [0.1, 0.15) is 0 Å². The molecule has 3 aromatic carbocycles. The van der Waals surface area contributed by atoms with Gasteiger partial charge in [0.25, 0.3) is 0 Å². The second-order valence-electron chi connectivity index (χ2n) is 8.39. The van der Waals surface area contributed by atoms with Gasteiger partial charge in [-0.05, 0) is 42.5 Å². The van der Waals surface area contributed by atoms with Crippen LogP contribution < -0.4 is 0 Å². The molecule has 0 N–H and O–H groups in total. The Morgan fingerprint density at radius 3 is 1.88 bits per heavy atom. The fourth-order valence-electron chi connectivity index (χ4n) is 4.62. The lowest BCUT2D eigenvalue weighted by atomic mass is 10.0. The zero-order valence-corrected chi connectivity index (χ0v) is 18.2. The molecule has 7 aromatic rings. The van der Waals surface area contributed by atoms with E-state index < -0.39 is 0 Å². The molecular formula is C30H18N4. The molecule has 0 fully saturated rings. The van der Waals surface area contributed by atoms with Gasteiger partial charge in [0, 0.05) is 45.1 Å². The van der Waals surface area contributed by atoms with Crippen LogP contribution in [-0.4, -0.2) is 19.9 Å². The van der Waals surface area contributed by atoms with E-state index in [2.05, 4.69) is 88.8 Å². The smallest absolute Gasteiger partial charge is 0.0972 e. The predicted molar refractivity (Wildman–Crippen MR) is 139 cm³/mol. The van der Waals surface area contributed by atoms with E-state index in [0.717, 1.165) is 66.1 Å². The van der Waals surface area contributed by atoms with Crippen molar-refractivity contribution in [2.75, 3.05) is 0 Å². The Morgan fingerprint density at radius 1 is 0.441 bits per heavy atom. The molecule has 4 aromatic heterocycles. The molecule has 34 heavy (non-hydrogen) atoms. The van der Waals surface area contributed by atoms with Crippen molar-refractivity contribution in [3.8, 4) is 22.5 Å². The molecule has 7 rings (SSSR count). The van der Waals surface area contributed by atoms with Gasteiger partial charge in [-0.1, -0.05) is 54.6 Å². The van der Waals surface area contributed by atoms with Gasteiger partial charge in [0.2, 0.25) is 0 Å². The first-order chi connectivity index (χ1) is 16.8. The number of pyridine rings is 4. The van der Waals surface area contributed by atoms with E-state index in [0.29, 0.717) is 0 Å². The Morgan fingerprint density at radius 2 is 1.06 bits per heavy atom. The molecule has 4 heteroatoms. The van der Waals surface area contributed by atoms with Crippen molar-refractivity contribution in [2.24, 2.45) is 0 Å².